The summed E-state index contributed by atoms with van der Waals surface area (Å²) < 4.78 is 40.4. The van der Waals surface area contributed by atoms with Gasteiger partial charge >= 0.3 is 12.1 Å². The minimum absolute atomic E-state index is 0.00125. The summed E-state index contributed by atoms with van der Waals surface area (Å²) in [7, 11) is 0. The third-order valence-corrected chi connectivity index (χ3v) is 15.8. The first-order valence-corrected chi connectivity index (χ1v) is 30.4. The lowest BCUT2D eigenvalue weighted by molar-refractivity contribution is -0.208. The van der Waals surface area contributed by atoms with Crippen molar-refractivity contribution in [3.8, 4) is 0 Å². The van der Waals surface area contributed by atoms with Gasteiger partial charge in [0.2, 0.25) is 0 Å². The van der Waals surface area contributed by atoms with Gasteiger partial charge in [-0.3, -0.25) is 9.59 Å². The quantitative estimate of drug-likeness (QED) is 0.0369. The minimum Gasteiger partial charge on any atom is -0.368 e. The van der Waals surface area contributed by atoms with Gasteiger partial charge in [0.05, 0.1) is 63.1 Å². The number of nitrogens with zero attached hydrogens (tertiary/aromatic N) is 2. The van der Waals surface area contributed by atoms with E-state index in [1.54, 1.807) is 21.9 Å². The fourth-order valence-electron chi connectivity index (χ4n) is 11.5. The first kappa shape index (κ1) is 62.3. The molecule has 8 atom stereocenters. The zero-order valence-corrected chi connectivity index (χ0v) is 49.9. The Morgan fingerprint density at radius 1 is 0.364 bits per heavy atom. The second-order valence-electron chi connectivity index (χ2n) is 22.1. The summed E-state index contributed by atoms with van der Waals surface area (Å²) in [5.41, 5.74) is 6.35. The fraction of sp³-hybridized carbons (Fsp3) is 0.306. The third kappa shape index (κ3) is 16.5. The van der Waals surface area contributed by atoms with E-state index in [1.807, 2.05) is 220 Å². The molecule has 0 unspecified atom stereocenters. The van der Waals surface area contributed by atoms with Crippen molar-refractivity contribution >= 4 is 46.0 Å². The van der Waals surface area contributed by atoms with Crippen LogP contribution in [-0.4, -0.2) is 109 Å². The molecule has 2 fully saturated rings. The van der Waals surface area contributed by atoms with Gasteiger partial charge in [0.15, 0.2) is 12.2 Å². The van der Waals surface area contributed by atoms with E-state index in [1.165, 1.54) is 0 Å². The van der Waals surface area contributed by atoms with Gasteiger partial charge in [-0.1, -0.05) is 220 Å². The summed E-state index contributed by atoms with van der Waals surface area (Å²) in [5, 5.41) is 13.6. The lowest BCUT2D eigenvalue weighted by Gasteiger charge is -2.48. The number of anilines is 2. The summed E-state index contributed by atoms with van der Waals surface area (Å²) >= 11 is 0. The maximum atomic E-state index is 14.9. The fourth-order valence-corrected chi connectivity index (χ4v) is 11.5. The molecule has 0 bridgehead atoms. The normalized spacial score (nSPS) is 20.2. The number of carbonyl (C=O) groups excluding carboxylic acids is 4. The van der Waals surface area contributed by atoms with Crippen LogP contribution in [0.15, 0.2) is 218 Å². The molecule has 6 amide bonds. The lowest BCUT2D eigenvalue weighted by atomic mass is 9.91. The van der Waals surface area contributed by atoms with Crippen LogP contribution in [0.4, 0.5) is 21.0 Å². The van der Waals surface area contributed by atoms with E-state index in [0.29, 0.717) is 42.7 Å². The number of rotatable bonds is 28. The van der Waals surface area contributed by atoms with Crippen molar-refractivity contribution in [2.24, 2.45) is 0 Å². The summed E-state index contributed by atoms with van der Waals surface area (Å²) in [6, 6.07) is 67.1. The predicted octanol–water partition coefficient (Wildman–Crippen LogP) is 11.8. The largest absolute Gasteiger partial charge is 0.368 e. The van der Waals surface area contributed by atoms with Crippen LogP contribution in [0.3, 0.4) is 0 Å². The predicted molar refractivity (Wildman–Crippen MR) is 340 cm³/mol. The van der Waals surface area contributed by atoms with Crippen molar-refractivity contribution in [1.82, 2.24) is 20.4 Å². The van der Waals surface area contributed by atoms with Gasteiger partial charge in [0.1, 0.15) is 24.4 Å². The van der Waals surface area contributed by atoms with Gasteiger partial charge in [0, 0.05) is 31.6 Å². The Balaban J connectivity index is 0.882. The van der Waals surface area contributed by atoms with E-state index >= 15 is 0 Å². The van der Waals surface area contributed by atoms with Crippen molar-refractivity contribution in [3.05, 3.63) is 252 Å². The van der Waals surface area contributed by atoms with Crippen LogP contribution in [-0.2, 0) is 77.7 Å². The molecule has 10 rings (SSSR count). The molecule has 0 aromatic heterocycles. The Labute approximate surface area is 515 Å². The van der Waals surface area contributed by atoms with Crippen LogP contribution in [0.1, 0.15) is 60.1 Å². The summed E-state index contributed by atoms with van der Waals surface area (Å²) in [5.74, 6) is -0.524. The number of benzene rings is 8. The molecule has 88 heavy (non-hydrogen) atoms. The van der Waals surface area contributed by atoms with E-state index in [2.05, 4.69) is 21.3 Å². The monoisotopic (exact) mass is 1190 g/mol. The van der Waals surface area contributed by atoms with Gasteiger partial charge in [-0.25, -0.2) is 9.59 Å². The second-order valence-corrected chi connectivity index (χ2v) is 22.1. The van der Waals surface area contributed by atoms with E-state index in [4.69, 9.17) is 28.4 Å². The number of amides is 6. The lowest BCUT2D eigenvalue weighted by Crippen LogP contribution is -2.68. The number of hydrogen-bond donors (Lipinski definition) is 4. The number of carbonyl (C=O) groups is 4. The van der Waals surface area contributed by atoms with Gasteiger partial charge in [0.25, 0.3) is 11.8 Å². The average molecular weight is 1190 g/mol. The molecule has 16 nitrogen and oxygen atoms in total. The first-order valence-electron chi connectivity index (χ1n) is 30.4. The van der Waals surface area contributed by atoms with Crippen LogP contribution >= 0.6 is 0 Å². The van der Waals surface area contributed by atoms with Crippen LogP contribution in [0.25, 0.3) is 10.8 Å². The molecule has 16 heteroatoms. The van der Waals surface area contributed by atoms with Gasteiger partial charge in [-0.15, -0.1) is 0 Å². The van der Waals surface area contributed by atoms with Gasteiger partial charge in [-0.2, -0.15) is 0 Å². The van der Waals surface area contributed by atoms with Crippen LogP contribution in [0, 0.1) is 0 Å². The van der Waals surface area contributed by atoms with E-state index in [9.17, 15) is 19.2 Å². The molecule has 2 heterocycles. The molecule has 0 radical (unpaired) electrons. The molecular formula is C72H78N6O10. The minimum atomic E-state index is -1.03. The third-order valence-electron chi connectivity index (χ3n) is 15.8. The molecule has 2 saturated heterocycles. The highest BCUT2D eigenvalue weighted by Gasteiger charge is 2.52. The summed E-state index contributed by atoms with van der Waals surface area (Å²) in [6.07, 6.45) is -4.03. The summed E-state index contributed by atoms with van der Waals surface area (Å²) in [4.78, 5) is 62.3. The Hall–Kier alpha value is -8.74. The number of hydrogen-bond acceptors (Lipinski definition) is 10. The van der Waals surface area contributed by atoms with Gasteiger partial charge < -0.3 is 59.5 Å². The molecule has 4 N–H and O–H groups in total. The number of likely N-dealkylation sites (tertiary alicyclic amines) is 2. The molecule has 8 aromatic rings. The number of piperidine rings is 2. The first-order chi connectivity index (χ1) is 43.2. The Kier molecular flexibility index (Phi) is 22.5. The number of nitrogens with one attached hydrogen (secondary N) is 4. The van der Waals surface area contributed by atoms with Crippen molar-refractivity contribution in [2.45, 2.75) is 115 Å². The second kappa shape index (κ2) is 31.8. The van der Waals surface area contributed by atoms with Crippen LogP contribution < -0.4 is 21.3 Å². The van der Waals surface area contributed by atoms with Crippen molar-refractivity contribution < 1.29 is 47.6 Å². The number of ether oxygens (including phenoxy) is 6. The maximum absolute atomic E-state index is 14.9. The van der Waals surface area contributed by atoms with Crippen molar-refractivity contribution in [3.63, 3.8) is 0 Å². The highest BCUT2D eigenvalue weighted by Crippen LogP contribution is 2.34. The standard InChI is InChI=1S/C72H78N6O10/c1-3-41-77-60(63(83-45-51-25-11-5-12-26-51)65(85-47-53-29-15-7-16-30-53)67(69(77)79)87-49-55-33-19-9-20-34-55)43-73-71(81)75-58-39-23-37-57-38-24-40-59(62(57)58)76-72(82)74-44-61-64(84-46-52-27-13-6-14-28-52)66(86-48-54-31-17-8-18-32-54)68(70(80)78(61)42-4-2)88-50-56-35-21-10-22-36-56/h5-40,60-61,63-68H,3-4,41-50H2,1-2H3,(H2,73,75,81)(H2,74,76,82)/t60-,61-,63-,64-,65+,66+,67-,68-/m1/s1. The van der Waals surface area contributed by atoms with Crippen LogP contribution in [0.2, 0.25) is 0 Å². The molecule has 456 valence electrons. The molecular weight excluding hydrogens is 1110 g/mol. The highest BCUT2D eigenvalue weighted by atomic mass is 16.6. The molecule has 2 aliphatic heterocycles. The van der Waals surface area contributed by atoms with Gasteiger partial charge in [-0.05, 0) is 63.7 Å². The van der Waals surface area contributed by atoms with Crippen molar-refractivity contribution in [2.75, 3.05) is 36.8 Å². The molecule has 0 aliphatic carbocycles. The molecule has 8 aromatic carbocycles. The number of fused-ring (bicyclic) bond motifs is 1. The molecule has 2 aliphatic rings. The average Bonchev–Trinajstić information content (AvgIpc) is 1.38. The zero-order valence-electron chi connectivity index (χ0n) is 49.9. The number of urea groups is 2. The molecule has 0 saturated carbocycles. The van der Waals surface area contributed by atoms with Crippen LogP contribution in [0.5, 0.6) is 0 Å². The Morgan fingerprint density at radius 2 is 0.648 bits per heavy atom. The Morgan fingerprint density at radius 3 is 0.943 bits per heavy atom. The topological polar surface area (TPSA) is 178 Å². The van der Waals surface area contributed by atoms with E-state index in [-0.39, 0.29) is 64.5 Å². The van der Waals surface area contributed by atoms with E-state index < -0.39 is 60.8 Å². The highest BCUT2D eigenvalue weighted by molar-refractivity contribution is 6.10. The SMILES string of the molecule is CCCN1C(=O)[C@H](OCc2ccccc2)[C@@H](OCc2ccccc2)[C@H](OCc2ccccc2)[C@H]1CNC(=O)Nc1cccc2cccc(NC(=O)NC[C@@H]3[C@@H](OCc4ccccc4)[C@H](OCc4ccccc4)[C@@H](OCc4ccccc4)C(=O)N3CCC)c12. The van der Waals surface area contributed by atoms with E-state index in [0.717, 1.165) is 38.8 Å². The maximum Gasteiger partial charge on any atom is 0.319 e. The summed E-state index contributed by atoms with van der Waals surface area (Å²) in [6.45, 7) is 5.89. The molecule has 0 spiro atoms. The van der Waals surface area contributed by atoms with Crippen molar-refractivity contribution in [1.29, 1.82) is 0 Å². The Bertz CT molecular complexity index is 3240. The zero-order chi connectivity index (χ0) is 60.9. The smallest absolute Gasteiger partial charge is 0.319 e.